The van der Waals surface area contributed by atoms with Gasteiger partial charge in [0.15, 0.2) is 0 Å². The van der Waals surface area contributed by atoms with Gasteiger partial charge in [-0.1, -0.05) is 24.3 Å². The van der Waals surface area contributed by atoms with Crippen molar-refractivity contribution in [3.8, 4) is 11.3 Å². The van der Waals surface area contributed by atoms with Gasteiger partial charge in [-0.3, -0.25) is 4.79 Å². The molecule has 2 aromatic carbocycles. The number of carbonyl (C=O) groups is 1. The third kappa shape index (κ3) is 3.63. The van der Waals surface area contributed by atoms with E-state index in [4.69, 9.17) is 11.5 Å². The smallest absolute Gasteiger partial charge is 0.254 e. The predicted octanol–water partition coefficient (Wildman–Crippen LogP) is 3.42. The molecule has 0 radical (unpaired) electrons. The van der Waals surface area contributed by atoms with Gasteiger partial charge in [0.2, 0.25) is 5.95 Å². The summed E-state index contributed by atoms with van der Waals surface area (Å²) in [6, 6.07) is 13.7. The minimum atomic E-state index is -0.531. The molecule has 0 bridgehead atoms. The fourth-order valence-electron chi connectivity index (χ4n) is 3.83. The van der Waals surface area contributed by atoms with Crippen molar-refractivity contribution < 1.29 is 9.18 Å². The molecule has 148 valence electrons. The van der Waals surface area contributed by atoms with E-state index in [-0.39, 0.29) is 23.2 Å². The second-order valence-electron chi connectivity index (χ2n) is 7.91. The van der Waals surface area contributed by atoms with E-state index in [1.807, 2.05) is 32.0 Å². The average Bonchev–Trinajstić information content (AvgIpc) is 2.65. The van der Waals surface area contributed by atoms with Crippen molar-refractivity contribution in [3.63, 3.8) is 0 Å². The van der Waals surface area contributed by atoms with Crippen molar-refractivity contribution >= 4 is 17.7 Å². The third-order valence-corrected chi connectivity index (χ3v) is 5.25. The van der Waals surface area contributed by atoms with Gasteiger partial charge in [0.05, 0.1) is 5.69 Å². The lowest BCUT2D eigenvalue weighted by atomic mass is 9.85. The molecule has 0 saturated heterocycles. The first-order valence-electron chi connectivity index (χ1n) is 9.33. The Hall–Kier alpha value is -3.48. The number of aromatic nitrogens is 2. The Morgan fingerprint density at radius 1 is 1.07 bits per heavy atom. The van der Waals surface area contributed by atoms with E-state index in [0.29, 0.717) is 17.8 Å². The van der Waals surface area contributed by atoms with Gasteiger partial charge >= 0.3 is 0 Å². The van der Waals surface area contributed by atoms with Crippen LogP contribution in [-0.2, 0) is 13.0 Å². The summed E-state index contributed by atoms with van der Waals surface area (Å²) in [5, 5.41) is 0. The molecule has 7 heteroatoms. The van der Waals surface area contributed by atoms with Crippen LogP contribution < -0.4 is 11.5 Å². The lowest BCUT2D eigenvalue weighted by Crippen LogP contribution is -2.51. The summed E-state index contributed by atoms with van der Waals surface area (Å²) in [4.78, 5) is 23.1. The van der Waals surface area contributed by atoms with Gasteiger partial charge < -0.3 is 16.4 Å². The van der Waals surface area contributed by atoms with Gasteiger partial charge in [0.1, 0.15) is 11.6 Å². The molecule has 29 heavy (non-hydrogen) atoms. The Balaban J connectivity index is 1.73. The number of anilines is 2. The number of hydrogen-bond donors (Lipinski definition) is 2. The molecule has 4 rings (SSSR count). The molecule has 1 amide bonds. The van der Waals surface area contributed by atoms with Crippen molar-refractivity contribution in [3.05, 3.63) is 71.0 Å². The molecule has 1 aliphatic rings. The highest BCUT2D eigenvalue weighted by Crippen LogP contribution is 2.32. The standard InChI is InChI=1S/C22H22FN5O/c1-22(2)11-13-5-3-4-6-14(13)12-28(22)20(29)16-7-15(8-17(23)9-16)18-10-19(24)27-21(25)26-18/h3-10H,11-12H2,1-2H3,(H4,24,25,26,27). The number of amides is 1. The number of nitrogens with zero attached hydrogens (tertiary/aromatic N) is 3. The van der Waals surface area contributed by atoms with E-state index in [2.05, 4.69) is 16.0 Å². The highest BCUT2D eigenvalue weighted by Gasteiger charge is 2.36. The minimum Gasteiger partial charge on any atom is -0.384 e. The number of halogens is 1. The Kier molecular flexibility index (Phi) is 4.45. The van der Waals surface area contributed by atoms with Crippen molar-refractivity contribution in [1.29, 1.82) is 0 Å². The number of benzene rings is 2. The van der Waals surface area contributed by atoms with Gasteiger partial charge in [0.25, 0.3) is 5.91 Å². The van der Waals surface area contributed by atoms with Crippen LogP contribution >= 0.6 is 0 Å². The van der Waals surface area contributed by atoms with Crippen LogP contribution in [0.2, 0.25) is 0 Å². The zero-order valence-corrected chi connectivity index (χ0v) is 16.3. The highest BCUT2D eigenvalue weighted by atomic mass is 19.1. The molecule has 0 aliphatic carbocycles. The quantitative estimate of drug-likeness (QED) is 0.697. The fraction of sp³-hybridized carbons (Fsp3) is 0.227. The molecule has 3 aromatic rings. The molecular weight excluding hydrogens is 369 g/mol. The molecule has 0 atom stereocenters. The van der Waals surface area contributed by atoms with E-state index in [0.717, 1.165) is 12.0 Å². The number of nitrogens with two attached hydrogens (primary N) is 2. The Morgan fingerprint density at radius 3 is 2.52 bits per heavy atom. The number of carbonyl (C=O) groups excluding carboxylic acids is 1. The van der Waals surface area contributed by atoms with Gasteiger partial charge in [0, 0.05) is 29.3 Å². The van der Waals surface area contributed by atoms with Crippen LogP contribution in [0.5, 0.6) is 0 Å². The normalized spacial score (nSPS) is 15.1. The van der Waals surface area contributed by atoms with Gasteiger partial charge in [-0.2, -0.15) is 4.98 Å². The predicted molar refractivity (Wildman–Crippen MR) is 110 cm³/mol. The number of fused-ring (bicyclic) bond motifs is 1. The van der Waals surface area contributed by atoms with Gasteiger partial charge in [-0.25, -0.2) is 9.37 Å². The van der Waals surface area contributed by atoms with Crippen molar-refractivity contribution in [2.75, 3.05) is 11.5 Å². The van der Waals surface area contributed by atoms with Crippen LogP contribution in [0.3, 0.4) is 0 Å². The molecule has 0 spiro atoms. The van der Waals surface area contributed by atoms with Crippen LogP contribution in [0.25, 0.3) is 11.3 Å². The zero-order chi connectivity index (χ0) is 20.8. The molecule has 0 saturated carbocycles. The number of nitrogen functional groups attached to an aromatic ring is 2. The van der Waals surface area contributed by atoms with E-state index in [9.17, 15) is 9.18 Å². The molecule has 6 nitrogen and oxygen atoms in total. The van der Waals surface area contributed by atoms with E-state index >= 15 is 0 Å². The summed E-state index contributed by atoms with van der Waals surface area (Å²) in [5.74, 6) is -0.596. The van der Waals surface area contributed by atoms with Crippen LogP contribution in [0.15, 0.2) is 48.5 Å². The Bertz CT molecular complexity index is 1090. The highest BCUT2D eigenvalue weighted by molar-refractivity contribution is 5.96. The van der Waals surface area contributed by atoms with Crippen molar-refractivity contribution in [2.45, 2.75) is 32.4 Å². The summed E-state index contributed by atoms with van der Waals surface area (Å²) >= 11 is 0. The summed E-state index contributed by atoms with van der Waals surface area (Å²) in [6.07, 6.45) is 0.732. The van der Waals surface area contributed by atoms with Crippen LogP contribution in [0.1, 0.15) is 35.3 Å². The lowest BCUT2D eigenvalue weighted by Gasteiger charge is -2.43. The SMILES string of the molecule is CC1(C)Cc2ccccc2CN1C(=O)c1cc(F)cc(-c2cc(N)nc(N)n2)c1. The summed E-state index contributed by atoms with van der Waals surface area (Å²) < 4.78 is 14.4. The summed E-state index contributed by atoms with van der Waals surface area (Å²) in [7, 11) is 0. The first-order valence-corrected chi connectivity index (χ1v) is 9.33. The lowest BCUT2D eigenvalue weighted by molar-refractivity contribution is 0.0488. The maximum Gasteiger partial charge on any atom is 0.254 e. The average molecular weight is 391 g/mol. The first kappa shape index (κ1) is 18.9. The minimum absolute atomic E-state index is 0.00842. The van der Waals surface area contributed by atoms with E-state index in [1.165, 1.54) is 23.8 Å². The van der Waals surface area contributed by atoms with Crippen molar-refractivity contribution in [1.82, 2.24) is 14.9 Å². The Morgan fingerprint density at radius 2 is 1.79 bits per heavy atom. The van der Waals surface area contributed by atoms with Gasteiger partial charge in [-0.15, -0.1) is 0 Å². The van der Waals surface area contributed by atoms with Crippen LogP contribution in [0.4, 0.5) is 16.2 Å². The van der Waals surface area contributed by atoms with Crippen LogP contribution in [-0.4, -0.2) is 26.3 Å². The third-order valence-electron chi connectivity index (χ3n) is 5.25. The van der Waals surface area contributed by atoms with Crippen LogP contribution in [0, 0.1) is 5.82 Å². The molecule has 0 unspecified atom stereocenters. The molecular formula is C22H22FN5O. The monoisotopic (exact) mass is 391 g/mol. The second-order valence-corrected chi connectivity index (χ2v) is 7.91. The largest absolute Gasteiger partial charge is 0.384 e. The zero-order valence-electron chi connectivity index (χ0n) is 16.3. The number of rotatable bonds is 2. The fourth-order valence-corrected chi connectivity index (χ4v) is 3.83. The molecule has 2 heterocycles. The number of hydrogen-bond acceptors (Lipinski definition) is 5. The van der Waals surface area contributed by atoms with Gasteiger partial charge in [-0.05, 0) is 49.6 Å². The van der Waals surface area contributed by atoms with E-state index < -0.39 is 11.4 Å². The first-order chi connectivity index (χ1) is 13.7. The second kappa shape index (κ2) is 6.84. The Labute approximate surface area is 168 Å². The molecule has 4 N–H and O–H groups in total. The summed E-state index contributed by atoms with van der Waals surface area (Å²) in [5.41, 5.74) is 14.4. The molecule has 1 aromatic heterocycles. The molecule has 0 fully saturated rings. The maximum absolute atomic E-state index is 14.4. The summed E-state index contributed by atoms with van der Waals surface area (Å²) in [6.45, 7) is 4.51. The molecule has 1 aliphatic heterocycles. The maximum atomic E-state index is 14.4. The van der Waals surface area contributed by atoms with Crippen molar-refractivity contribution in [2.24, 2.45) is 0 Å². The topological polar surface area (TPSA) is 98.1 Å². The van der Waals surface area contributed by atoms with E-state index in [1.54, 1.807) is 11.0 Å².